The number of hydrogen-bond donors (Lipinski definition) is 1. The molecular formula is C23H27F2N3O3. The summed E-state index contributed by atoms with van der Waals surface area (Å²) in [5.74, 6) is -1.26. The second-order valence-electron chi connectivity index (χ2n) is 8.26. The number of rotatable bonds is 4. The molecule has 1 aliphatic carbocycles. The number of nitrogens with one attached hydrogen (secondary N) is 1. The molecule has 6 nitrogen and oxygen atoms in total. The van der Waals surface area contributed by atoms with Crippen LogP contribution < -0.4 is 10.1 Å². The first-order valence-corrected chi connectivity index (χ1v) is 10.7. The van der Waals surface area contributed by atoms with Gasteiger partial charge in [-0.05, 0) is 50.3 Å². The zero-order valence-corrected chi connectivity index (χ0v) is 17.6. The Hall–Kier alpha value is -2.90. The molecule has 1 aromatic carbocycles. The van der Waals surface area contributed by atoms with Gasteiger partial charge in [-0.15, -0.1) is 0 Å². The van der Waals surface area contributed by atoms with Gasteiger partial charge in [0.1, 0.15) is 11.4 Å². The maximum absolute atomic E-state index is 13.3. The summed E-state index contributed by atoms with van der Waals surface area (Å²) in [6.45, 7) is 3.02. The molecule has 8 heteroatoms. The molecule has 0 bridgehead atoms. The molecule has 1 saturated heterocycles. The first-order valence-electron chi connectivity index (χ1n) is 10.7. The topological polar surface area (TPSA) is 67.6 Å². The van der Waals surface area contributed by atoms with Crippen molar-refractivity contribution in [1.82, 2.24) is 10.1 Å². The van der Waals surface area contributed by atoms with E-state index in [1.807, 2.05) is 24.3 Å². The van der Waals surface area contributed by atoms with Crippen LogP contribution in [0.25, 0.3) is 6.08 Å². The van der Waals surface area contributed by atoms with Gasteiger partial charge in [0.25, 0.3) is 0 Å². The number of hydrogen-bond acceptors (Lipinski definition) is 4. The number of aromatic nitrogens is 1. The summed E-state index contributed by atoms with van der Waals surface area (Å²) in [5.41, 5.74) is 2.87. The number of likely N-dealkylation sites (tertiary alicyclic amines) is 1. The molecule has 2 fully saturated rings. The number of alkyl halides is 2. The molecule has 1 aliphatic heterocycles. The molecule has 0 radical (unpaired) electrons. The van der Waals surface area contributed by atoms with Gasteiger partial charge < -0.3 is 19.5 Å². The lowest BCUT2D eigenvalue weighted by Crippen LogP contribution is -2.39. The number of carbonyl (C=O) groups is 1. The average Bonchev–Trinajstić information content (AvgIpc) is 3.15. The Bertz CT molecular complexity index is 937. The molecule has 0 atom stereocenters. The summed E-state index contributed by atoms with van der Waals surface area (Å²) >= 11 is 0. The lowest BCUT2D eigenvalue weighted by molar-refractivity contribution is -0.0582. The zero-order valence-electron chi connectivity index (χ0n) is 17.6. The fraction of sp³-hybridized carbons (Fsp3) is 0.478. The molecule has 2 amide bonds. The average molecular weight is 431 g/mol. The van der Waals surface area contributed by atoms with E-state index in [0.29, 0.717) is 43.1 Å². The fourth-order valence-corrected chi connectivity index (χ4v) is 3.99. The van der Waals surface area contributed by atoms with Crippen LogP contribution in [0, 0.1) is 6.92 Å². The van der Waals surface area contributed by atoms with Crippen LogP contribution in [0.15, 0.2) is 40.6 Å². The maximum Gasteiger partial charge on any atom is 0.322 e. The third-order valence-corrected chi connectivity index (χ3v) is 5.88. The third-order valence-electron chi connectivity index (χ3n) is 5.88. The number of carbonyl (C=O) groups excluding carboxylic acids is 1. The van der Waals surface area contributed by atoms with Crippen LogP contribution >= 0.6 is 0 Å². The lowest BCUT2D eigenvalue weighted by atomic mass is 9.94. The molecule has 4 rings (SSSR count). The van der Waals surface area contributed by atoms with Crippen LogP contribution in [0.3, 0.4) is 0 Å². The van der Waals surface area contributed by atoms with Crippen molar-refractivity contribution < 1.29 is 22.8 Å². The van der Waals surface area contributed by atoms with Gasteiger partial charge >= 0.3 is 6.03 Å². The van der Waals surface area contributed by atoms with Crippen molar-refractivity contribution in [3.8, 4) is 5.75 Å². The number of halogens is 2. The van der Waals surface area contributed by atoms with E-state index in [4.69, 9.17) is 9.26 Å². The van der Waals surface area contributed by atoms with Gasteiger partial charge in [0, 0.05) is 25.9 Å². The minimum atomic E-state index is -2.55. The summed E-state index contributed by atoms with van der Waals surface area (Å²) in [6.07, 6.45) is 5.59. The monoisotopic (exact) mass is 431 g/mol. The molecule has 1 aromatic heterocycles. The molecule has 1 N–H and O–H groups in total. The van der Waals surface area contributed by atoms with E-state index in [9.17, 15) is 13.6 Å². The smallest absolute Gasteiger partial charge is 0.322 e. The standard InChI is InChI=1S/C23H27F2N3O3/c1-16-21(15-26-31-16)27-22(29)28-11-7-17(8-12-28)13-18-3-2-4-20(14-18)30-19-5-9-23(24,25)10-6-19/h2-4,13-15,19H,5-12H2,1H3,(H,27,29). The number of urea groups is 1. The number of amides is 2. The Morgan fingerprint density at radius 1 is 1.29 bits per heavy atom. The SMILES string of the molecule is Cc1oncc1NC(=O)N1CCC(=Cc2cccc(OC3CCC(F)(F)CC3)c2)CC1. The number of benzene rings is 1. The van der Waals surface area contributed by atoms with E-state index >= 15 is 0 Å². The highest BCUT2D eigenvalue weighted by Crippen LogP contribution is 2.35. The van der Waals surface area contributed by atoms with Gasteiger partial charge in [-0.3, -0.25) is 0 Å². The van der Waals surface area contributed by atoms with Crippen LogP contribution in [0.2, 0.25) is 0 Å². The second kappa shape index (κ2) is 9.08. The molecule has 2 aromatic rings. The van der Waals surface area contributed by atoms with E-state index in [2.05, 4.69) is 16.5 Å². The normalized spacial score (nSPS) is 19.2. The van der Waals surface area contributed by atoms with Crippen LogP contribution in [0.4, 0.5) is 19.3 Å². The highest BCUT2D eigenvalue weighted by molar-refractivity contribution is 5.89. The van der Waals surface area contributed by atoms with Crippen LogP contribution in [-0.4, -0.2) is 41.2 Å². The van der Waals surface area contributed by atoms with Crippen molar-refractivity contribution in [2.45, 2.75) is 57.5 Å². The number of aryl methyl sites for hydroxylation is 1. The fourth-order valence-electron chi connectivity index (χ4n) is 3.99. The van der Waals surface area contributed by atoms with Gasteiger partial charge in [-0.2, -0.15) is 0 Å². The molecule has 0 spiro atoms. The summed E-state index contributed by atoms with van der Waals surface area (Å²) in [7, 11) is 0. The predicted molar refractivity (Wildman–Crippen MR) is 113 cm³/mol. The Labute approximate surface area is 180 Å². The van der Waals surface area contributed by atoms with E-state index < -0.39 is 5.92 Å². The first-order chi connectivity index (χ1) is 14.9. The van der Waals surface area contributed by atoms with Crippen molar-refractivity contribution in [3.63, 3.8) is 0 Å². The van der Waals surface area contributed by atoms with Crippen molar-refractivity contribution in [1.29, 1.82) is 0 Å². The highest BCUT2D eigenvalue weighted by atomic mass is 19.3. The van der Waals surface area contributed by atoms with Crippen LogP contribution in [0.5, 0.6) is 5.75 Å². The number of piperidine rings is 1. The lowest BCUT2D eigenvalue weighted by Gasteiger charge is -2.29. The summed E-state index contributed by atoms with van der Waals surface area (Å²) in [6, 6.07) is 7.59. The number of nitrogens with zero attached hydrogens (tertiary/aromatic N) is 2. The van der Waals surface area contributed by atoms with Crippen molar-refractivity contribution in [2.75, 3.05) is 18.4 Å². The first kappa shape index (κ1) is 21.3. The van der Waals surface area contributed by atoms with Crippen molar-refractivity contribution in [2.24, 2.45) is 0 Å². The van der Waals surface area contributed by atoms with Gasteiger partial charge in [0.15, 0.2) is 5.76 Å². The van der Waals surface area contributed by atoms with Crippen molar-refractivity contribution >= 4 is 17.8 Å². The van der Waals surface area contributed by atoms with E-state index in [1.54, 1.807) is 11.8 Å². The Morgan fingerprint density at radius 3 is 2.71 bits per heavy atom. The predicted octanol–water partition coefficient (Wildman–Crippen LogP) is 5.65. The van der Waals surface area contributed by atoms with E-state index in [0.717, 1.165) is 18.4 Å². The molecule has 0 unspecified atom stereocenters. The number of ether oxygens (including phenoxy) is 1. The van der Waals surface area contributed by atoms with Crippen LogP contribution in [0.1, 0.15) is 49.8 Å². The Morgan fingerprint density at radius 2 is 2.03 bits per heavy atom. The molecule has 31 heavy (non-hydrogen) atoms. The zero-order chi connectivity index (χ0) is 21.8. The Balaban J connectivity index is 1.30. The largest absolute Gasteiger partial charge is 0.490 e. The summed E-state index contributed by atoms with van der Waals surface area (Å²) in [4.78, 5) is 14.2. The van der Waals surface area contributed by atoms with Gasteiger partial charge in [0.05, 0.1) is 12.3 Å². The van der Waals surface area contributed by atoms with Crippen LogP contribution in [-0.2, 0) is 0 Å². The molecule has 2 aliphatic rings. The minimum absolute atomic E-state index is 0.109. The van der Waals surface area contributed by atoms with Crippen molar-refractivity contribution in [3.05, 3.63) is 47.4 Å². The molecule has 1 saturated carbocycles. The van der Waals surface area contributed by atoms with Gasteiger partial charge in [0.2, 0.25) is 5.92 Å². The minimum Gasteiger partial charge on any atom is -0.490 e. The molecule has 166 valence electrons. The van der Waals surface area contributed by atoms with Gasteiger partial charge in [-0.1, -0.05) is 28.9 Å². The van der Waals surface area contributed by atoms with E-state index in [-0.39, 0.29) is 25.0 Å². The summed E-state index contributed by atoms with van der Waals surface area (Å²) < 4.78 is 37.6. The maximum atomic E-state index is 13.3. The Kier molecular flexibility index (Phi) is 6.25. The van der Waals surface area contributed by atoms with E-state index in [1.165, 1.54) is 11.8 Å². The number of anilines is 1. The van der Waals surface area contributed by atoms with Gasteiger partial charge in [-0.25, -0.2) is 13.6 Å². The molecular weight excluding hydrogens is 404 g/mol. The third kappa shape index (κ3) is 5.62. The quantitative estimate of drug-likeness (QED) is 0.679. The molecule has 2 heterocycles. The second-order valence-corrected chi connectivity index (χ2v) is 8.26. The highest BCUT2D eigenvalue weighted by Gasteiger charge is 2.35. The summed E-state index contributed by atoms with van der Waals surface area (Å²) in [5, 5.41) is 6.49.